The molecule has 1 amide bonds. The van der Waals surface area contributed by atoms with Crippen LogP contribution < -0.4 is 5.32 Å². The number of aliphatic hydroxyl groups is 1. The highest BCUT2D eigenvalue weighted by Crippen LogP contribution is 2.33. The van der Waals surface area contributed by atoms with Gasteiger partial charge in [-0.15, -0.1) is 0 Å². The molecule has 2 N–H and O–H groups in total. The lowest BCUT2D eigenvalue weighted by Gasteiger charge is -2.38. The van der Waals surface area contributed by atoms with Crippen molar-refractivity contribution >= 4 is 27.5 Å². The van der Waals surface area contributed by atoms with Gasteiger partial charge in [-0.3, -0.25) is 4.79 Å². The Morgan fingerprint density at radius 1 is 1.24 bits per heavy atom. The van der Waals surface area contributed by atoms with Gasteiger partial charge in [-0.25, -0.2) is 9.37 Å². The summed E-state index contributed by atoms with van der Waals surface area (Å²) in [6, 6.07) is 10.1. The lowest BCUT2D eigenvalue weighted by Crippen LogP contribution is -2.45. The van der Waals surface area contributed by atoms with E-state index in [2.05, 4.69) is 26.2 Å². The highest BCUT2D eigenvalue weighted by Gasteiger charge is 2.37. The number of benzene rings is 1. The topological polar surface area (TPSA) is 65.5 Å². The molecule has 0 saturated carbocycles. The zero-order valence-corrected chi connectivity index (χ0v) is 15.4. The molecule has 7 heteroatoms. The van der Waals surface area contributed by atoms with Gasteiger partial charge in [0, 0.05) is 31.4 Å². The summed E-state index contributed by atoms with van der Waals surface area (Å²) >= 11 is 3.05. The Morgan fingerprint density at radius 2 is 1.88 bits per heavy atom. The van der Waals surface area contributed by atoms with Crippen molar-refractivity contribution in [3.05, 3.63) is 58.1 Å². The number of nitrogens with one attached hydrogen (secondary N) is 1. The Kier molecular flexibility index (Phi) is 5.06. The number of aromatic nitrogens is 1. The van der Waals surface area contributed by atoms with Crippen molar-refractivity contribution in [2.45, 2.75) is 18.4 Å². The maximum atomic E-state index is 13.4. The first-order valence-corrected chi connectivity index (χ1v) is 8.84. The first kappa shape index (κ1) is 17.8. The highest BCUT2D eigenvalue weighted by atomic mass is 79.9. The molecule has 3 rings (SSSR count). The Hall–Kier alpha value is -1.99. The second-order valence-electron chi connectivity index (χ2n) is 6.12. The molecular weight excluding hydrogens is 389 g/mol. The van der Waals surface area contributed by atoms with Crippen LogP contribution in [-0.2, 0) is 5.60 Å². The molecule has 2 heterocycles. The molecular formula is C18H19BrFN3O2. The average Bonchev–Trinajstić information content (AvgIpc) is 2.64. The third-order valence-electron chi connectivity index (χ3n) is 4.58. The Morgan fingerprint density at radius 3 is 2.44 bits per heavy atom. The van der Waals surface area contributed by atoms with E-state index >= 15 is 0 Å². The second-order valence-corrected chi connectivity index (χ2v) is 6.87. The summed E-state index contributed by atoms with van der Waals surface area (Å²) in [4.78, 5) is 18.4. The summed E-state index contributed by atoms with van der Waals surface area (Å²) in [6.07, 6.45) is 0.719. The van der Waals surface area contributed by atoms with Gasteiger partial charge in [-0.2, -0.15) is 0 Å². The largest absolute Gasteiger partial charge is 0.388 e. The highest BCUT2D eigenvalue weighted by molar-refractivity contribution is 9.10. The predicted octanol–water partition coefficient (Wildman–Crippen LogP) is 3.15. The van der Waals surface area contributed by atoms with Gasteiger partial charge in [0.05, 0.1) is 5.69 Å². The van der Waals surface area contributed by atoms with Crippen molar-refractivity contribution in [1.29, 1.82) is 0 Å². The van der Waals surface area contributed by atoms with Gasteiger partial charge in [0.25, 0.3) is 5.91 Å². The fourth-order valence-corrected chi connectivity index (χ4v) is 3.30. The van der Waals surface area contributed by atoms with Gasteiger partial charge >= 0.3 is 0 Å². The summed E-state index contributed by atoms with van der Waals surface area (Å²) in [6.45, 7) is 0.833. The SMILES string of the molecule is CNc1ccc(C(=O)N2CCC(O)(c3ccc(F)c(Br)n3)CC2)cc1. The number of carbonyl (C=O) groups is 1. The molecule has 0 unspecified atom stereocenters. The molecule has 1 fully saturated rings. The molecule has 0 aliphatic carbocycles. The van der Waals surface area contributed by atoms with Crippen molar-refractivity contribution in [2.24, 2.45) is 0 Å². The number of carbonyl (C=O) groups excluding carboxylic acids is 1. The second kappa shape index (κ2) is 7.09. The van der Waals surface area contributed by atoms with E-state index in [0.29, 0.717) is 37.2 Å². The van der Waals surface area contributed by atoms with E-state index in [-0.39, 0.29) is 10.5 Å². The molecule has 1 aliphatic rings. The van der Waals surface area contributed by atoms with E-state index in [1.165, 1.54) is 12.1 Å². The van der Waals surface area contributed by atoms with Crippen LogP contribution in [0.1, 0.15) is 28.9 Å². The van der Waals surface area contributed by atoms with Gasteiger partial charge < -0.3 is 15.3 Å². The lowest BCUT2D eigenvalue weighted by atomic mass is 9.87. The molecule has 132 valence electrons. The van der Waals surface area contributed by atoms with Gasteiger partial charge in [0.1, 0.15) is 10.2 Å². The average molecular weight is 408 g/mol. The minimum atomic E-state index is -1.15. The maximum Gasteiger partial charge on any atom is 0.253 e. The lowest BCUT2D eigenvalue weighted by molar-refractivity contribution is -0.0246. The number of halogens is 2. The number of piperidine rings is 1. The maximum absolute atomic E-state index is 13.4. The van der Waals surface area contributed by atoms with Crippen molar-refractivity contribution in [1.82, 2.24) is 9.88 Å². The molecule has 0 bridgehead atoms. The van der Waals surface area contributed by atoms with Crippen molar-refractivity contribution in [3.63, 3.8) is 0 Å². The summed E-state index contributed by atoms with van der Waals surface area (Å²) in [7, 11) is 1.82. The van der Waals surface area contributed by atoms with Crippen LogP contribution in [0.4, 0.5) is 10.1 Å². The molecule has 1 aromatic heterocycles. The Labute approximate surface area is 154 Å². The molecule has 0 spiro atoms. The number of hydrogen-bond donors (Lipinski definition) is 2. The number of nitrogens with zero attached hydrogens (tertiary/aromatic N) is 2. The zero-order valence-electron chi connectivity index (χ0n) is 13.8. The van der Waals surface area contributed by atoms with Crippen molar-refractivity contribution in [2.75, 3.05) is 25.5 Å². The van der Waals surface area contributed by atoms with E-state index < -0.39 is 11.4 Å². The summed E-state index contributed by atoms with van der Waals surface area (Å²) in [5, 5.41) is 13.9. The van der Waals surface area contributed by atoms with Gasteiger partial charge in [0.2, 0.25) is 0 Å². The van der Waals surface area contributed by atoms with Crippen LogP contribution in [0, 0.1) is 5.82 Å². The third-order valence-corrected chi connectivity index (χ3v) is 5.13. The quantitative estimate of drug-likeness (QED) is 0.766. The Bertz CT molecular complexity index is 774. The first-order chi connectivity index (χ1) is 11.9. The van der Waals surface area contributed by atoms with Crippen LogP contribution in [-0.4, -0.2) is 41.0 Å². The van der Waals surface area contributed by atoms with Gasteiger partial charge in [-0.1, -0.05) is 0 Å². The van der Waals surface area contributed by atoms with E-state index in [0.717, 1.165) is 5.69 Å². The summed E-state index contributed by atoms with van der Waals surface area (Å²) in [5.41, 5.74) is 0.832. The summed E-state index contributed by atoms with van der Waals surface area (Å²) < 4.78 is 13.4. The normalized spacial score (nSPS) is 16.6. The zero-order chi connectivity index (χ0) is 18.0. The molecule has 0 radical (unpaired) electrons. The number of amides is 1. The minimum absolute atomic E-state index is 0.0575. The molecule has 25 heavy (non-hydrogen) atoms. The van der Waals surface area contributed by atoms with Crippen LogP contribution in [0.15, 0.2) is 41.0 Å². The smallest absolute Gasteiger partial charge is 0.253 e. The van der Waals surface area contributed by atoms with E-state index in [9.17, 15) is 14.3 Å². The number of anilines is 1. The van der Waals surface area contributed by atoms with Crippen LogP contribution in [0.3, 0.4) is 0 Å². The molecule has 1 saturated heterocycles. The molecule has 1 aliphatic heterocycles. The fourth-order valence-electron chi connectivity index (χ4n) is 2.97. The van der Waals surface area contributed by atoms with Crippen LogP contribution in [0.2, 0.25) is 0 Å². The predicted molar refractivity (Wildman–Crippen MR) is 96.9 cm³/mol. The van der Waals surface area contributed by atoms with Crippen molar-refractivity contribution < 1.29 is 14.3 Å². The number of pyridine rings is 1. The number of rotatable bonds is 3. The van der Waals surface area contributed by atoms with Gasteiger partial charge in [0.15, 0.2) is 5.82 Å². The van der Waals surface area contributed by atoms with E-state index in [4.69, 9.17) is 0 Å². The number of hydrogen-bond acceptors (Lipinski definition) is 4. The summed E-state index contributed by atoms with van der Waals surface area (Å²) in [5.74, 6) is -0.525. The van der Waals surface area contributed by atoms with Crippen LogP contribution in [0.5, 0.6) is 0 Å². The monoisotopic (exact) mass is 407 g/mol. The van der Waals surface area contributed by atoms with Crippen molar-refractivity contribution in [3.8, 4) is 0 Å². The first-order valence-electron chi connectivity index (χ1n) is 8.05. The van der Waals surface area contributed by atoms with E-state index in [1.54, 1.807) is 17.0 Å². The molecule has 0 atom stereocenters. The van der Waals surface area contributed by atoms with Crippen LogP contribution in [0.25, 0.3) is 0 Å². The molecule has 5 nitrogen and oxygen atoms in total. The Balaban J connectivity index is 1.69. The standard InChI is InChI=1S/C18H19BrFN3O2/c1-21-13-4-2-12(3-5-13)17(24)23-10-8-18(25,9-11-23)15-7-6-14(20)16(19)22-15/h2-7,21,25H,8-11H2,1H3. The van der Waals surface area contributed by atoms with Gasteiger partial charge in [-0.05, 0) is 65.2 Å². The molecule has 1 aromatic carbocycles. The third kappa shape index (κ3) is 3.67. The number of likely N-dealkylation sites (tertiary alicyclic amines) is 1. The minimum Gasteiger partial charge on any atom is -0.388 e. The van der Waals surface area contributed by atoms with Crippen LogP contribution >= 0.6 is 15.9 Å². The fraction of sp³-hybridized carbons (Fsp3) is 0.333. The van der Waals surface area contributed by atoms with E-state index in [1.807, 2.05) is 19.2 Å². The molecule has 2 aromatic rings.